The molecule has 0 rings (SSSR count). The Morgan fingerprint density at radius 2 is 2.27 bits per heavy atom. The lowest BCUT2D eigenvalue weighted by Crippen LogP contribution is -2.27. The summed E-state index contributed by atoms with van der Waals surface area (Å²) in [5, 5.41) is 0. The molecule has 11 heavy (non-hydrogen) atoms. The van der Waals surface area contributed by atoms with Crippen molar-refractivity contribution in [3.05, 3.63) is 12.7 Å². The molecule has 0 aromatic rings. The van der Waals surface area contributed by atoms with Gasteiger partial charge in [-0.2, -0.15) is 0 Å². The van der Waals surface area contributed by atoms with E-state index in [4.69, 9.17) is 4.74 Å². The Labute approximate surface area is 67.6 Å². The van der Waals surface area contributed by atoms with Crippen molar-refractivity contribution in [2.75, 3.05) is 20.6 Å². The third-order valence-corrected chi connectivity index (χ3v) is 1.11. The molecule has 0 aromatic heterocycles. The first-order chi connectivity index (χ1) is 5.06. The first-order valence-corrected chi connectivity index (χ1v) is 3.54. The van der Waals surface area contributed by atoms with E-state index in [0.29, 0.717) is 0 Å². The normalized spacial score (nSPS) is 12.7. The molecule has 64 valence electrons. The Morgan fingerprint density at radius 1 is 1.73 bits per heavy atom. The summed E-state index contributed by atoms with van der Waals surface area (Å²) in [5.74, 6) is -0.362. The van der Waals surface area contributed by atoms with E-state index in [0.717, 1.165) is 6.54 Å². The number of likely N-dealkylation sites (N-methyl/N-ethyl adjacent to an activating group) is 1. The highest BCUT2D eigenvalue weighted by Crippen LogP contribution is 1.93. The fourth-order valence-electron chi connectivity index (χ4n) is 0.798. The van der Waals surface area contributed by atoms with Gasteiger partial charge in [0, 0.05) is 12.6 Å². The molecule has 0 saturated carbocycles. The van der Waals surface area contributed by atoms with Crippen LogP contribution < -0.4 is 0 Å². The molecule has 0 saturated heterocycles. The molecule has 0 fully saturated rings. The van der Waals surface area contributed by atoms with E-state index in [1.165, 1.54) is 6.08 Å². The highest BCUT2D eigenvalue weighted by atomic mass is 16.5. The minimum absolute atomic E-state index is 0.0736. The molecule has 1 unspecified atom stereocenters. The van der Waals surface area contributed by atoms with E-state index in [-0.39, 0.29) is 12.1 Å². The van der Waals surface area contributed by atoms with Gasteiger partial charge in [0.1, 0.15) is 6.10 Å². The van der Waals surface area contributed by atoms with Gasteiger partial charge in [0.15, 0.2) is 0 Å². The van der Waals surface area contributed by atoms with Crippen LogP contribution in [0.3, 0.4) is 0 Å². The fourth-order valence-corrected chi connectivity index (χ4v) is 0.798. The number of esters is 1. The molecule has 0 aliphatic heterocycles. The van der Waals surface area contributed by atoms with Crippen LogP contribution >= 0.6 is 0 Å². The Morgan fingerprint density at radius 3 is 2.64 bits per heavy atom. The summed E-state index contributed by atoms with van der Waals surface area (Å²) in [4.78, 5) is 12.6. The fraction of sp³-hybridized carbons (Fsp3) is 0.625. The van der Waals surface area contributed by atoms with Gasteiger partial charge in [-0.25, -0.2) is 4.79 Å². The highest BCUT2D eigenvalue weighted by molar-refractivity contribution is 5.81. The van der Waals surface area contributed by atoms with E-state index in [2.05, 4.69) is 6.58 Å². The molecule has 0 heterocycles. The maximum absolute atomic E-state index is 10.6. The largest absolute Gasteiger partial charge is 0.458 e. The minimum Gasteiger partial charge on any atom is -0.458 e. The van der Waals surface area contributed by atoms with Crippen LogP contribution in [0.1, 0.15) is 6.92 Å². The van der Waals surface area contributed by atoms with Crippen LogP contribution in [0.2, 0.25) is 0 Å². The van der Waals surface area contributed by atoms with Gasteiger partial charge in [-0.15, -0.1) is 0 Å². The lowest BCUT2D eigenvalue weighted by atomic mass is 10.4. The monoisotopic (exact) mass is 157 g/mol. The number of hydrogen-bond donors (Lipinski definition) is 0. The Kier molecular flexibility index (Phi) is 4.54. The van der Waals surface area contributed by atoms with Gasteiger partial charge in [-0.1, -0.05) is 6.58 Å². The van der Waals surface area contributed by atoms with Gasteiger partial charge in [0.25, 0.3) is 0 Å². The maximum Gasteiger partial charge on any atom is 0.330 e. The lowest BCUT2D eigenvalue weighted by molar-refractivity contribution is -0.142. The Hall–Kier alpha value is -0.830. The van der Waals surface area contributed by atoms with Crippen molar-refractivity contribution in [2.45, 2.75) is 13.0 Å². The molecule has 0 N–H and O–H groups in total. The van der Waals surface area contributed by atoms with E-state index in [1.54, 1.807) is 0 Å². The first kappa shape index (κ1) is 10.2. The van der Waals surface area contributed by atoms with Crippen LogP contribution in [0.15, 0.2) is 12.7 Å². The standard InChI is InChI=1S/C8H15NO2/c1-5-8(10)11-7(2)6-9(3)4/h5,7H,1,6H2,2-4H3. The number of carbonyl (C=O) groups excluding carboxylic acids is 1. The van der Waals surface area contributed by atoms with Crippen LogP contribution in [0.5, 0.6) is 0 Å². The van der Waals surface area contributed by atoms with Gasteiger partial charge in [-0.05, 0) is 21.0 Å². The summed E-state index contributed by atoms with van der Waals surface area (Å²) < 4.78 is 4.91. The minimum atomic E-state index is -0.362. The van der Waals surface area contributed by atoms with Crippen molar-refractivity contribution in [3.8, 4) is 0 Å². The second-order valence-corrected chi connectivity index (χ2v) is 2.71. The Balaban J connectivity index is 3.59. The van der Waals surface area contributed by atoms with Crippen molar-refractivity contribution in [2.24, 2.45) is 0 Å². The maximum atomic E-state index is 10.6. The van der Waals surface area contributed by atoms with Crippen molar-refractivity contribution < 1.29 is 9.53 Å². The van der Waals surface area contributed by atoms with Crippen LogP contribution in [0, 0.1) is 0 Å². The second-order valence-electron chi connectivity index (χ2n) is 2.71. The number of hydrogen-bond acceptors (Lipinski definition) is 3. The zero-order chi connectivity index (χ0) is 8.85. The third kappa shape index (κ3) is 5.61. The van der Waals surface area contributed by atoms with Crippen molar-refractivity contribution in [1.82, 2.24) is 4.90 Å². The van der Waals surface area contributed by atoms with Crippen LogP contribution in [0.25, 0.3) is 0 Å². The smallest absolute Gasteiger partial charge is 0.330 e. The average molecular weight is 157 g/mol. The predicted molar refractivity (Wildman–Crippen MR) is 44.3 cm³/mol. The topological polar surface area (TPSA) is 29.5 Å². The van der Waals surface area contributed by atoms with Crippen LogP contribution in [-0.2, 0) is 9.53 Å². The van der Waals surface area contributed by atoms with Gasteiger partial charge in [-0.3, -0.25) is 0 Å². The zero-order valence-corrected chi connectivity index (χ0v) is 7.33. The summed E-state index contributed by atoms with van der Waals surface area (Å²) in [6.45, 7) is 5.89. The predicted octanol–water partition coefficient (Wildman–Crippen LogP) is 0.666. The quantitative estimate of drug-likeness (QED) is 0.443. The molecule has 1 atom stereocenters. The van der Waals surface area contributed by atoms with E-state index >= 15 is 0 Å². The van der Waals surface area contributed by atoms with Crippen LogP contribution in [-0.4, -0.2) is 37.6 Å². The van der Waals surface area contributed by atoms with Crippen molar-refractivity contribution in [3.63, 3.8) is 0 Å². The van der Waals surface area contributed by atoms with Gasteiger partial charge in [0.2, 0.25) is 0 Å². The molecular formula is C8H15NO2. The molecule has 3 nitrogen and oxygen atoms in total. The molecule has 0 aliphatic carbocycles. The molecule has 0 spiro atoms. The summed E-state index contributed by atoms with van der Waals surface area (Å²) in [6.07, 6.45) is 1.10. The van der Waals surface area contributed by atoms with Crippen LogP contribution in [0.4, 0.5) is 0 Å². The van der Waals surface area contributed by atoms with Gasteiger partial charge >= 0.3 is 5.97 Å². The molecule has 0 aromatic carbocycles. The average Bonchev–Trinajstić information content (AvgIpc) is 1.85. The zero-order valence-electron chi connectivity index (χ0n) is 7.33. The third-order valence-electron chi connectivity index (χ3n) is 1.11. The number of rotatable bonds is 4. The lowest BCUT2D eigenvalue weighted by Gasteiger charge is -2.16. The highest BCUT2D eigenvalue weighted by Gasteiger charge is 2.06. The molecular weight excluding hydrogens is 142 g/mol. The van der Waals surface area contributed by atoms with Crippen molar-refractivity contribution in [1.29, 1.82) is 0 Å². The Bertz CT molecular complexity index is 143. The van der Waals surface area contributed by atoms with Gasteiger partial charge < -0.3 is 9.64 Å². The summed E-state index contributed by atoms with van der Waals surface area (Å²) in [7, 11) is 3.86. The molecule has 3 heteroatoms. The summed E-state index contributed by atoms with van der Waals surface area (Å²) in [6, 6.07) is 0. The number of carbonyl (C=O) groups is 1. The SMILES string of the molecule is C=CC(=O)OC(C)CN(C)C. The van der Waals surface area contributed by atoms with E-state index < -0.39 is 0 Å². The summed E-state index contributed by atoms with van der Waals surface area (Å²) in [5.41, 5.74) is 0. The van der Waals surface area contributed by atoms with E-state index in [9.17, 15) is 4.79 Å². The molecule has 0 radical (unpaired) electrons. The second kappa shape index (κ2) is 4.91. The first-order valence-electron chi connectivity index (χ1n) is 3.54. The number of ether oxygens (including phenoxy) is 1. The molecule has 0 amide bonds. The molecule has 0 bridgehead atoms. The number of nitrogens with zero attached hydrogens (tertiary/aromatic N) is 1. The van der Waals surface area contributed by atoms with Crippen molar-refractivity contribution >= 4 is 5.97 Å². The van der Waals surface area contributed by atoms with E-state index in [1.807, 2.05) is 25.9 Å². The summed E-state index contributed by atoms with van der Waals surface area (Å²) >= 11 is 0. The van der Waals surface area contributed by atoms with Gasteiger partial charge in [0.05, 0.1) is 0 Å². The molecule has 0 aliphatic rings.